The van der Waals surface area contributed by atoms with Crippen molar-refractivity contribution in [1.82, 2.24) is 4.98 Å². The Kier molecular flexibility index (Phi) is 6.39. The summed E-state index contributed by atoms with van der Waals surface area (Å²) in [5.41, 5.74) is 6.44. The second-order valence-electron chi connectivity index (χ2n) is 9.17. The van der Waals surface area contributed by atoms with Gasteiger partial charge in [0.2, 0.25) is 0 Å². The summed E-state index contributed by atoms with van der Waals surface area (Å²) in [6.07, 6.45) is 7.56. The molecule has 6 nitrogen and oxygen atoms in total. The van der Waals surface area contributed by atoms with Crippen molar-refractivity contribution in [2.45, 2.75) is 64.0 Å². The quantitative estimate of drug-likeness (QED) is 0.691. The van der Waals surface area contributed by atoms with Gasteiger partial charge >= 0.3 is 0 Å². The van der Waals surface area contributed by atoms with Crippen LogP contribution in [0.1, 0.15) is 51.9 Å². The summed E-state index contributed by atoms with van der Waals surface area (Å²) in [5.74, 6) is 1.51. The fourth-order valence-corrected chi connectivity index (χ4v) is 7.36. The fraction of sp³-hybridized carbons (Fsp3) is 0.609. The minimum Gasteiger partial charge on any atom is -0.489 e. The monoisotopic (exact) mass is 466 g/mol. The fourth-order valence-electron chi connectivity index (χ4n) is 5.66. The summed E-state index contributed by atoms with van der Waals surface area (Å²) in [6.45, 7) is 2.12. The summed E-state index contributed by atoms with van der Waals surface area (Å²) in [7, 11) is -2.90. The Morgan fingerprint density at radius 2 is 1.90 bits per heavy atom. The number of ether oxygens (including phenoxy) is 1. The summed E-state index contributed by atoms with van der Waals surface area (Å²) >= 11 is 6.42. The molecule has 170 valence electrons. The van der Waals surface area contributed by atoms with Crippen molar-refractivity contribution in [1.29, 1.82) is 0 Å². The average molecular weight is 467 g/mol. The normalized spacial score (nSPS) is 27.8. The second kappa shape index (κ2) is 8.75. The van der Waals surface area contributed by atoms with E-state index in [0.717, 1.165) is 37.5 Å². The van der Waals surface area contributed by atoms with Crippen molar-refractivity contribution in [2.24, 2.45) is 17.1 Å². The second-order valence-corrected chi connectivity index (χ2v) is 11.9. The van der Waals surface area contributed by atoms with Gasteiger partial charge in [0.15, 0.2) is 0 Å². The molecule has 1 aromatic carbocycles. The molecule has 1 aromatic heterocycles. The highest BCUT2D eigenvalue weighted by atomic mass is 35.5. The van der Waals surface area contributed by atoms with Gasteiger partial charge in [0.05, 0.1) is 22.6 Å². The number of rotatable bonds is 5. The van der Waals surface area contributed by atoms with Crippen LogP contribution < -0.4 is 16.0 Å². The van der Waals surface area contributed by atoms with Gasteiger partial charge in [-0.05, 0) is 79.9 Å². The lowest BCUT2D eigenvalue weighted by molar-refractivity contribution is 0.00958. The summed E-state index contributed by atoms with van der Waals surface area (Å²) < 4.78 is 30.2. The Bertz CT molecular complexity index is 1090. The molecule has 31 heavy (non-hydrogen) atoms. The van der Waals surface area contributed by atoms with E-state index in [1.54, 1.807) is 12.3 Å². The molecule has 2 heterocycles. The van der Waals surface area contributed by atoms with Crippen molar-refractivity contribution >= 4 is 32.2 Å². The molecule has 2 aromatic rings. The molecule has 2 fully saturated rings. The molecule has 0 radical (unpaired) electrons. The number of benzene rings is 1. The lowest BCUT2D eigenvalue weighted by atomic mass is 9.59. The van der Waals surface area contributed by atoms with Crippen LogP contribution >= 0.6 is 11.6 Å². The standard InChI is InChI=1S/C23H31ClN2O4S/c1-2-21(25)23(16-6-11-31(28,29)12-7-16)8-3-17(4-9-23)30-20-13-15-5-10-26-22(27)18(15)14-19(20)24/h5,10,13-14,16-17,21H,2-4,6-9,11-12,25H2,1H3,(H,26,27)/t17-,21-,23-/m1/s1. The van der Waals surface area contributed by atoms with Gasteiger partial charge in [0.25, 0.3) is 5.56 Å². The number of hydrogen-bond acceptors (Lipinski definition) is 5. The number of fused-ring (bicyclic) bond motifs is 1. The van der Waals surface area contributed by atoms with Gasteiger partial charge in [-0.3, -0.25) is 4.79 Å². The number of H-pyrrole nitrogens is 1. The van der Waals surface area contributed by atoms with E-state index in [1.165, 1.54) is 0 Å². The Balaban J connectivity index is 1.49. The van der Waals surface area contributed by atoms with Crippen molar-refractivity contribution in [3.05, 3.63) is 39.8 Å². The molecule has 3 N–H and O–H groups in total. The Labute approximate surface area is 188 Å². The number of aromatic nitrogens is 1. The zero-order chi connectivity index (χ0) is 22.2. The third kappa shape index (κ3) is 4.50. The van der Waals surface area contributed by atoms with E-state index in [4.69, 9.17) is 22.1 Å². The van der Waals surface area contributed by atoms with Gasteiger partial charge in [-0.15, -0.1) is 0 Å². The van der Waals surface area contributed by atoms with Crippen LogP contribution in [0.5, 0.6) is 5.75 Å². The number of sulfone groups is 1. The van der Waals surface area contributed by atoms with Crippen molar-refractivity contribution < 1.29 is 13.2 Å². The first-order chi connectivity index (χ1) is 14.7. The van der Waals surface area contributed by atoms with Crippen LogP contribution in [0.2, 0.25) is 5.02 Å². The number of pyridine rings is 1. The molecule has 1 atom stereocenters. The first-order valence-electron chi connectivity index (χ1n) is 11.2. The zero-order valence-electron chi connectivity index (χ0n) is 17.9. The Morgan fingerprint density at radius 1 is 1.23 bits per heavy atom. The van der Waals surface area contributed by atoms with Crippen LogP contribution in [0, 0.1) is 11.3 Å². The molecule has 1 aliphatic carbocycles. The number of aromatic amines is 1. The van der Waals surface area contributed by atoms with Crippen LogP contribution in [0.25, 0.3) is 10.8 Å². The van der Waals surface area contributed by atoms with Gasteiger partial charge in [-0.2, -0.15) is 0 Å². The first-order valence-corrected chi connectivity index (χ1v) is 13.4. The molecule has 1 aliphatic heterocycles. The minimum atomic E-state index is -2.90. The van der Waals surface area contributed by atoms with E-state index in [-0.39, 0.29) is 34.6 Å². The highest BCUT2D eigenvalue weighted by molar-refractivity contribution is 7.91. The van der Waals surface area contributed by atoms with Gasteiger partial charge in [-0.25, -0.2) is 8.42 Å². The molecule has 1 saturated carbocycles. The Hall–Kier alpha value is -1.57. The maximum Gasteiger partial charge on any atom is 0.255 e. The molecular weight excluding hydrogens is 436 g/mol. The zero-order valence-corrected chi connectivity index (χ0v) is 19.5. The lowest BCUT2D eigenvalue weighted by Crippen LogP contribution is -2.51. The van der Waals surface area contributed by atoms with E-state index in [1.807, 2.05) is 12.1 Å². The third-order valence-corrected chi connectivity index (χ3v) is 9.54. The number of halogens is 1. The number of nitrogens with two attached hydrogens (primary N) is 1. The maximum atomic E-state index is 12.0. The van der Waals surface area contributed by atoms with Crippen molar-refractivity contribution in [2.75, 3.05) is 11.5 Å². The van der Waals surface area contributed by atoms with Crippen LogP contribution in [0.3, 0.4) is 0 Å². The number of nitrogens with one attached hydrogen (secondary N) is 1. The molecule has 0 bridgehead atoms. The molecular formula is C23H31ClN2O4S. The predicted octanol–water partition coefficient (Wildman–Crippen LogP) is 4.05. The largest absolute Gasteiger partial charge is 0.489 e. The van der Waals surface area contributed by atoms with E-state index in [0.29, 0.717) is 34.9 Å². The van der Waals surface area contributed by atoms with Gasteiger partial charge in [0.1, 0.15) is 15.6 Å². The van der Waals surface area contributed by atoms with Crippen LogP contribution in [-0.4, -0.2) is 37.1 Å². The van der Waals surface area contributed by atoms with Crippen LogP contribution in [0.15, 0.2) is 29.2 Å². The number of hydrogen-bond donors (Lipinski definition) is 2. The summed E-state index contributed by atoms with van der Waals surface area (Å²) in [5, 5.41) is 1.78. The van der Waals surface area contributed by atoms with Crippen LogP contribution in [-0.2, 0) is 9.84 Å². The minimum absolute atomic E-state index is 0.0228. The molecule has 4 rings (SSSR count). The third-order valence-electron chi connectivity index (χ3n) is 7.53. The maximum absolute atomic E-state index is 12.0. The molecule has 0 amide bonds. The predicted molar refractivity (Wildman–Crippen MR) is 125 cm³/mol. The van der Waals surface area contributed by atoms with Gasteiger partial charge in [0, 0.05) is 17.6 Å². The summed E-state index contributed by atoms with van der Waals surface area (Å²) in [6, 6.07) is 5.39. The molecule has 8 heteroatoms. The van der Waals surface area contributed by atoms with Gasteiger partial charge in [-0.1, -0.05) is 18.5 Å². The summed E-state index contributed by atoms with van der Waals surface area (Å²) in [4.78, 5) is 14.6. The van der Waals surface area contributed by atoms with Crippen LogP contribution in [0.4, 0.5) is 0 Å². The van der Waals surface area contributed by atoms with Crippen molar-refractivity contribution in [3.63, 3.8) is 0 Å². The van der Waals surface area contributed by atoms with E-state index < -0.39 is 9.84 Å². The van der Waals surface area contributed by atoms with E-state index in [9.17, 15) is 13.2 Å². The van der Waals surface area contributed by atoms with Gasteiger partial charge < -0.3 is 15.5 Å². The molecule has 0 unspecified atom stereocenters. The molecule has 0 spiro atoms. The SMILES string of the molecule is CC[C@@H](N)[C@]1(C2CCS(=O)(=O)CC2)CC[C@@H](Oc2cc3cc[nH]c(=O)c3cc2Cl)CC1. The molecule has 2 aliphatic rings. The highest BCUT2D eigenvalue weighted by Crippen LogP contribution is 2.50. The van der Waals surface area contributed by atoms with E-state index in [2.05, 4.69) is 11.9 Å². The van der Waals surface area contributed by atoms with E-state index >= 15 is 0 Å². The highest BCUT2D eigenvalue weighted by Gasteiger charge is 2.47. The first kappa shape index (κ1) is 22.6. The molecule has 1 saturated heterocycles. The Morgan fingerprint density at radius 3 is 2.55 bits per heavy atom. The topological polar surface area (TPSA) is 102 Å². The van der Waals surface area contributed by atoms with Crippen molar-refractivity contribution in [3.8, 4) is 5.75 Å². The lowest BCUT2D eigenvalue weighted by Gasteiger charge is -2.50. The smallest absolute Gasteiger partial charge is 0.255 e. The average Bonchev–Trinajstić information content (AvgIpc) is 2.75.